The van der Waals surface area contributed by atoms with Gasteiger partial charge in [-0.1, -0.05) is 29.8 Å². The maximum atomic E-state index is 12.3. The van der Waals surface area contributed by atoms with E-state index in [9.17, 15) is 4.79 Å². The number of nitrogens with zero attached hydrogens (tertiary/aromatic N) is 2. The summed E-state index contributed by atoms with van der Waals surface area (Å²) < 4.78 is 7.61. The van der Waals surface area contributed by atoms with Crippen molar-refractivity contribution >= 4 is 17.5 Å². The predicted molar refractivity (Wildman–Crippen MR) is 106 cm³/mol. The van der Waals surface area contributed by atoms with Crippen molar-refractivity contribution in [2.24, 2.45) is 0 Å². The van der Waals surface area contributed by atoms with Gasteiger partial charge in [0.25, 0.3) is 5.91 Å². The van der Waals surface area contributed by atoms with E-state index in [1.807, 2.05) is 55.1 Å². The number of hydrogen-bond donors (Lipinski definition) is 1. The van der Waals surface area contributed by atoms with Gasteiger partial charge in [0.15, 0.2) is 0 Å². The fourth-order valence-corrected chi connectivity index (χ4v) is 2.76. The lowest BCUT2D eigenvalue weighted by atomic mass is 10.1. The maximum absolute atomic E-state index is 12.3. The molecule has 27 heavy (non-hydrogen) atoms. The van der Waals surface area contributed by atoms with Gasteiger partial charge in [0, 0.05) is 30.4 Å². The summed E-state index contributed by atoms with van der Waals surface area (Å²) in [5.74, 6) is 0.541. The highest BCUT2D eigenvalue weighted by Crippen LogP contribution is 2.26. The summed E-state index contributed by atoms with van der Waals surface area (Å²) in [6.07, 6.45) is 3.69. The van der Waals surface area contributed by atoms with Crippen LogP contribution in [0.25, 0.3) is 0 Å². The van der Waals surface area contributed by atoms with Gasteiger partial charge in [-0.25, -0.2) is 0 Å². The first-order chi connectivity index (χ1) is 13.0. The summed E-state index contributed by atoms with van der Waals surface area (Å²) in [5, 5.41) is 7.68. The van der Waals surface area contributed by atoms with E-state index in [0.717, 1.165) is 23.2 Å². The molecule has 0 bridgehead atoms. The predicted octanol–water partition coefficient (Wildman–Crippen LogP) is 4.37. The molecule has 0 spiro atoms. The number of ether oxygens (including phenoxy) is 1. The molecule has 0 aliphatic heterocycles. The summed E-state index contributed by atoms with van der Waals surface area (Å²) in [5.41, 5.74) is 3.64. The van der Waals surface area contributed by atoms with Crippen LogP contribution in [0.5, 0.6) is 5.75 Å². The zero-order valence-corrected chi connectivity index (χ0v) is 16.2. The van der Waals surface area contributed by atoms with Crippen LogP contribution in [0.2, 0.25) is 5.02 Å². The third-order valence-corrected chi connectivity index (χ3v) is 4.47. The maximum Gasteiger partial charge on any atom is 0.251 e. The highest BCUT2D eigenvalue weighted by atomic mass is 35.5. The first kappa shape index (κ1) is 19.0. The molecule has 1 heterocycles. The Morgan fingerprint density at radius 3 is 2.67 bits per heavy atom. The van der Waals surface area contributed by atoms with Gasteiger partial charge in [-0.2, -0.15) is 5.10 Å². The van der Waals surface area contributed by atoms with Gasteiger partial charge in [0.1, 0.15) is 12.4 Å². The molecule has 6 heteroatoms. The number of hydrogen-bond acceptors (Lipinski definition) is 3. The second-order valence-corrected chi connectivity index (χ2v) is 6.71. The van der Waals surface area contributed by atoms with Crippen molar-refractivity contribution < 1.29 is 9.53 Å². The third kappa shape index (κ3) is 5.11. The van der Waals surface area contributed by atoms with Crippen LogP contribution in [-0.2, 0) is 19.7 Å². The van der Waals surface area contributed by atoms with Gasteiger partial charge >= 0.3 is 0 Å². The summed E-state index contributed by atoms with van der Waals surface area (Å²) in [6, 6.07) is 13.0. The lowest BCUT2D eigenvalue weighted by Gasteiger charge is -2.09. The van der Waals surface area contributed by atoms with E-state index in [0.29, 0.717) is 29.5 Å². The van der Waals surface area contributed by atoms with Gasteiger partial charge in [-0.15, -0.1) is 0 Å². The largest absolute Gasteiger partial charge is 0.487 e. The van der Waals surface area contributed by atoms with Crippen LogP contribution < -0.4 is 10.1 Å². The summed E-state index contributed by atoms with van der Waals surface area (Å²) in [4.78, 5) is 12.3. The Hall–Kier alpha value is -2.79. The van der Waals surface area contributed by atoms with Crippen molar-refractivity contribution in [3.05, 3.63) is 82.1 Å². The molecule has 0 fully saturated rings. The minimum Gasteiger partial charge on any atom is -0.487 e. The number of halogens is 1. The molecule has 0 radical (unpaired) electrons. The van der Waals surface area contributed by atoms with Crippen molar-refractivity contribution in [1.29, 1.82) is 0 Å². The first-order valence-corrected chi connectivity index (χ1v) is 9.20. The fourth-order valence-electron chi connectivity index (χ4n) is 2.59. The third-order valence-electron chi connectivity index (χ3n) is 4.16. The van der Waals surface area contributed by atoms with E-state index in [1.165, 1.54) is 0 Å². The molecule has 0 unspecified atom stereocenters. The average Bonchev–Trinajstić information content (AvgIpc) is 3.15. The normalized spacial score (nSPS) is 10.6. The molecule has 3 aromatic rings. The second kappa shape index (κ2) is 8.73. The van der Waals surface area contributed by atoms with E-state index >= 15 is 0 Å². The van der Waals surface area contributed by atoms with Crippen LogP contribution in [0.15, 0.2) is 54.9 Å². The molecular formula is C21H22ClN3O2. The van der Waals surface area contributed by atoms with E-state index in [2.05, 4.69) is 10.4 Å². The molecular weight excluding hydrogens is 362 g/mol. The van der Waals surface area contributed by atoms with Crippen LogP contribution in [-0.4, -0.2) is 15.7 Å². The monoisotopic (exact) mass is 383 g/mol. The Bertz CT molecular complexity index is 919. The molecule has 0 saturated heterocycles. The smallest absolute Gasteiger partial charge is 0.251 e. The molecule has 0 atom stereocenters. The SMILES string of the molecule is CCn1cc(CNC(=O)c2ccc(COc3cc(C)ccc3Cl)cc2)cn1. The lowest BCUT2D eigenvalue weighted by Crippen LogP contribution is -2.22. The quantitative estimate of drug-likeness (QED) is 0.659. The molecule has 1 amide bonds. The van der Waals surface area contributed by atoms with Crippen molar-refractivity contribution in [2.45, 2.75) is 33.5 Å². The number of carbonyl (C=O) groups excluding carboxylic acids is 1. The minimum absolute atomic E-state index is 0.117. The zero-order valence-electron chi connectivity index (χ0n) is 15.4. The van der Waals surface area contributed by atoms with Crippen LogP contribution in [0.3, 0.4) is 0 Å². The number of aryl methyl sites for hydroxylation is 2. The number of rotatable bonds is 7. The standard InChI is InChI=1S/C21H22ClN3O2/c1-3-25-13-17(12-24-25)11-23-21(26)18-7-5-16(6-8-18)14-27-20-10-15(2)4-9-19(20)22/h4-10,12-13H,3,11,14H2,1-2H3,(H,23,26). The van der Waals surface area contributed by atoms with Gasteiger partial charge in [-0.3, -0.25) is 9.48 Å². The van der Waals surface area contributed by atoms with Crippen molar-refractivity contribution in [2.75, 3.05) is 0 Å². The Labute approximate surface area is 163 Å². The number of benzene rings is 2. The van der Waals surface area contributed by atoms with Gasteiger partial charge in [0.05, 0.1) is 11.2 Å². The molecule has 5 nitrogen and oxygen atoms in total. The van der Waals surface area contributed by atoms with Crippen LogP contribution >= 0.6 is 11.6 Å². The Morgan fingerprint density at radius 1 is 1.19 bits per heavy atom. The van der Waals surface area contributed by atoms with Gasteiger partial charge in [0.2, 0.25) is 0 Å². The Balaban J connectivity index is 1.54. The number of aromatic nitrogens is 2. The van der Waals surface area contributed by atoms with E-state index in [-0.39, 0.29) is 5.91 Å². The first-order valence-electron chi connectivity index (χ1n) is 8.82. The molecule has 2 aromatic carbocycles. The van der Waals surface area contributed by atoms with E-state index < -0.39 is 0 Å². The van der Waals surface area contributed by atoms with E-state index in [4.69, 9.17) is 16.3 Å². The van der Waals surface area contributed by atoms with Gasteiger partial charge < -0.3 is 10.1 Å². The zero-order chi connectivity index (χ0) is 19.2. The molecule has 3 rings (SSSR count). The summed E-state index contributed by atoms with van der Waals surface area (Å²) >= 11 is 6.14. The van der Waals surface area contributed by atoms with Crippen molar-refractivity contribution in [3.63, 3.8) is 0 Å². The van der Waals surface area contributed by atoms with Crippen LogP contribution in [0, 0.1) is 6.92 Å². The topological polar surface area (TPSA) is 56.2 Å². The molecule has 1 N–H and O–H groups in total. The van der Waals surface area contributed by atoms with Crippen molar-refractivity contribution in [3.8, 4) is 5.75 Å². The molecule has 0 saturated carbocycles. The van der Waals surface area contributed by atoms with E-state index in [1.54, 1.807) is 18.3 Å². The van der Waals surface area contributed by atoms with Gasteiger partial charge in [-0.05, 0) is 49.2 Å². The average molecular weight is 384 g/mol. The molecule has 1 aromatic heterocycles. The summed E-state index contributed by atoms with van der Waals surface area (Å²) in [6.45, 7) is 5.67. The van der Waals surface area contributed by atoms with Crippen molar-refractivity contribution in [1.82, 2.24) is 15.1 Å². The fraction of sp³-hybridized carbons (Fsp3) is 0.238. The molecule has 140 valence electrons. The second-order valence-electron chi connectivity index (χ2n) is 6.31. The van der Waals surface area contributed by atoms with Crippen LogP contribution in [0.4, 0.5) is 0 Å². The molecule has 0 aliphatic rings. The minimum atomic E-state index is -0.117. The highest BCUT2D eigenvalue weighted by Gasteiger charge is 2.07. The Kier molecular flexibility index (Phi) is 6.14. The lowest BCUT2D eigenvalue weighted by molar-refractivity contribution is 0.0951. The number of nitrogens with one attached hydrogen (secondary N) is 1. The molecule has 0 aliphatic carbocycles. The van der Waals surface area contributed by atoms with Crippen LogP contribution in [0.1, 0.15) is 34.0 Å². The highest BCUT2D eigenvalue weighted by molar-refractivity contribution is 6.32. The number of carbonyl (C=O) groups is 1. The summed E-state index contributed by atoms with van der Waals surface area (Å²) in [7, 11) is 0. The Morgan fingerprint density at radius 2 is 1.96 bits per heavy atom. The number of amides is 1.